The van der Waals surface area contributed by atoms with E-state index in [1.165, 1.54) is 30.0 Å². The van der Waals surface area contributed by atoms with Crippen molar-refractivity contribution in [1.82, 2.24) is 20.1 Å². The van der Waals surface area contributed by atoms with Crippen LogP contribution < -0.4 is 10.6 Å². The van der Waals surface area contributed by atoms with Crippen LogP contribution in [0.5, 0.6) is 0 Å². The van der Waals surface area contributed by atoms with Crippen LogP contribution in [0.4, 0.5) is 10.1 Å². The van der Waals surface area contributed by atoms with Gasteiger partial charge in [-0.15, -0.1) is 10.2 Å². The molecule has 0 atom stereocenters. The molecule has 0 aliphatic rings. The number of nitrogens with zero attached hydrogens (tertiary/aromatic N) is 3. The number of rotatable bonds is 8. The number of hydrogen-bond acceptors (Lipinski definition) is 5. The zero-order valence-corrected chi connectivity index (χ0v) is 20.3. The van der Waals surface area contributed by atoms with E-state index >= 15 is 0 Å². The number of hydrogen-bond donors (Lipinski definition) is 2. The molecule has 2 N–H and O–H groups in total. The summed E-state index contributed by atoms with van der Waals surface area (Å²) in [6.07, 6.45) is 0. The molecule has 0 fully saturated rings. The fourth-order valence-corrected chi connectivity index (χ4v) is 4.07. The zero-order valence-electron chi connectivity index (χ0n) is 17.9. The van der Waals surface area contributed by atoms with E-state index < -0.39 is 11.7 Å². The van der Waals surface area contributed by atoms with Crippen molar-refractivity contribution in [2.75, 3.05) is 11.1 Å². The summed E-state index contributed by atoms with van der Waals surface area (Å²) in [6.45, 7) is 4.22. The highest BCUT2D eigenvalue weighted by Crippen LogP contribution is 2.28. The highest BCUT2D eigenvalue weighted by Gasteiger charge is 2.16. The molecule has 2 aromatic carbocycles. The molecule has 0 saturated carbocycles. The maximum atomic E-state index is 13.7. The van der Waals surface area contributed by atoms with Crippen LogP contribution in [0.2, 0.25) is 0 Å². The Morgan fingerprint density at radius 1 is 1.19 bits per heavy atom. The monoisotopic (exact) mass is 519 g/mol. The first-order valence-corrected chi connectivity index (χ1v) is 11.7. The van der Waals surface area contributed by atoms with Crippen molar-refractivity contribution in [2.24, 2.45) is 7.05 Å². The van der Waals surface area contributed by atoms with Gasteiger partial charge in [-0.3, -0.25) is 9.59 Å². The van der Waals surface area contributed by atoms with Crippen molar-refractivity contribution in [3.63, 3.8) is 0 Å². The van der Waals surface area contributed by atoms with Gasteiger partial charge < -0.3 is 15.2 Å². The second-order valence-electron chi connectivity index (χ2n) is 7.34. The van der Waals surface area contributed by atoms with E-state index in [-0.39, 0.29) is 29.7 Å². The number of carbonyl (C=O) groups excluding carboxylic acids is 2. The molecule has 0 saturated heterocycles. The molecule has 1 heterocycles. The van der Waals surface area contributed by atoms with E-state index in [1.807, 2.05) is 18.2 Å². The van der Waals surface area contributed by atoms with Gasteiger partial charge in [0.2, 0.25) is 5.91 Å². The lowest BCUT2D eigenvalue weighted by Gasteiger charge is -2.14. The molecule has 3 rings (SSSR count). The summed E-state index contributed by atoms with van der Waals surface area (Å²) in [4.78, 5) is 24.6. The van der Waals surface area contributed by atoms with Crippen molar-refractivity contribution in [1.29, 1.82) is 0 Å². The molecule has 0 aliphatic carbocycles. The Morgan fingerprint density at radius 2 is 1.94 bits per heavy atom. The molecule has 10 heteroatoms. The summed E-state index contributed by atoms with van der Waals surface area (Å²) in [5, 5.41) is 14.3. The lowest BCUT2D eigenvalue weighted by molar-refractivity contribution is -0.113. The van der Waals surface area contributed by atoms with Crippen LogP contribution in [0.15, 0.2) is 52.1 Å². The van der Waals surface area contributed by atoms with Crippen molar-refractivity contribution in [3.8, 4) is 0 Å². The van der Waals surface area contributed by atoms with Crippen molar-refractivity contribution in [3.05, 3.63) is 69.7 Å². The van der Waals surface area contributed by atoms with Crippen molar-refractivity contribution < 1.29 is 14.0 Å². The molecule has 3 aromatic rings. The van der Waals surface area contributed by atoms with Crippen LogP contribution >= 0.6 is 27.7 Å². The predicted molar refractivity (Wildman–Crippen MR) is 126 cm³/mol. The third-order valence-electron chi connectivity index (χ3n) is 4.69. The molecule has 32 heavy (non-hydrogen) atoms. The van der Waals surface area contributed by atoms with Crippen LogP contribution in [0.3, 0.4) is 0 Å². The van der Waals surface area contributed by atoms with Gasteiger partial charge in [-0.2, -0.15) is 0 Å². The van der Waals surface area contributed by atoms with Gasteiger partial charge in [0.05, 0.1) is 17.9 Å². The fraction of sp³-hybridized carbons (Fsp3) is 0.273. The SMILES string of the molecule is CC(C)c1cc(Br)ccc1NC(=O)CSc1nnc(CNC(=O)c2ccccc2F)n1C. The molecule has 0 radical (unpaired) electrons. The second-order valence-corrected chi connectivity index (χ2v) is 9.20. The molecule has 2 amide bonds. The maximum Gasteiger partial charge on any atom is 0.254 e. The summed E-state index contributed by atoms with van der Waals surface area (Å²) in [5.41, 5.74) is 1.79. The lowest BCUT2D eigenvalue weighted by atomic mass is 10.0. The van der Waals surface area contributed by atoms with Crippen molar-refractivity contribution >= 4 is 45.2 Å². The average Bonchev–Trinajstić information content (AvgIpc) is 3.11. The maximum absolute atomic E-state index is 13.7. The number of anilines is 1. The van der Waals surface area contributed by atoms with E-state index in [9.17, 15) is 14.0 Å². The van der Waals surface area contributed by atoms with Crippen LogP contribution in [0.25, 0.3) is 0 Å². The summed E-state index contributed by atoms with van der Waals surface area (Å²) in [5.74, 6) is -0.367. The Hall–Kier alpha value is -2.72. The minimum atomic E-state index is -0.586. The summed E-state index contributed by atoms with van der Waals surface area (Å²) in [7, 11) is 1.75. The molecular weight excluding hydrogens is 497 g/mol. The van der Waals surface area contributed by atoms with Gasteiger partial charge in [-0.25, -0.2) is 4.39 Å². The third-order valence-corrected chi connectivity index (χ3v) is 6.21. The molecule has 1 aromatic heterocycles. The first-order valence-electron chi connectivity index (χ1n) is 9.89. The zero-order chi connectivity index (χ0) is 23.3. The molecule has 0 bridgehead atoms. The Balaban J connectivity index is 1.56. The van der Waals surface area contributed by atoms with E-state index in [4.69, 9.17) is 0 Å². The number of benzene rings is 2. The minimum Gasteiger partial charge on any atom is -0.345 e. The van der Waals surface area contributed by atoms with Crippen LogP contribution in [-0.2, 0) is 18.4 Å². The topological polar surface area (TPSA) is 88.9 Å². The highest BCUT2D eigenvalue weighted by atomic mass is 79.9. The van der Waals surface area contributed by atoms with Gasteiger partial charge in [0.1, 0.15) is 5.82 Å². The highest BCUT2D eigenvalue weighted by molar-refractivity contribution is 9.10. The van der Waals surface area contributed by atoms with Gasteiger partial charge in [-0.1, -0.05) is 53.7 Å². The molecule has 7 nitrogen and oxygen atoms in total. The minimum absolute atomic E-state index is 0.0327. The summed E-state index contributed by atoms with van der Waals surface area (Å²) >= 11 is 4.70. The average molecular weight is 520 g/mol. The Labute approximate surface area is 198 Å². The van der Waals surface area contributed by atoms with Gasteiger partial charge in [0, 0.05) is 17.2 Å². The Kier molecular flexibility index (Phi) is 8.03. The molecule has 168 valence electrons. The number of thioether (sulfide) groups is 1. The molecule has 0 unspecified atom stereocenters. The van der Waals surface area contributed by atoms with E-state index in [0.717, 1.165) is 15.7 Å². The van der Waals surface area contributed by atoms with Gasteiger partial charge in [0.15, 0.2) is 11.0 Å². The van der Waals surface area contributed by atoms with E-state index in [0.29, 0.717) is 11.0 Å². The number of nitrogens with one attached hydrogen (secondary N) is 2. The Morgan fingerprint density at radius 3 is 2.66 bits per heavy atom. The van der Waals surface area contributed by atoms with E-state index in [1.54, 1.807) is 17.7 Å². The fourth-order valence-electron chi connectivity index (χ4n) is 2.97. The third kappa shape index (κ3) is 5.95. The first kappa shape index (κ1) is 23.9. The van der Waals surface area contributed by atoms with Gasteiger partial charge in [0.25, 0.3) is 5.91 Å². The van der Waals surface area contributed by atoms with Crippen LogP contribution in [0, 0.1) is 5.82 Å². The molecular formula is C22H23BrFN5O2S. The van der Waals surface area contributed by atoms with E-state index in [2.05, 4.69) is 50.6 Å². The van der Waals surface area contributed by atoms with Crippen LogP contribution in [0.1, 0.15) is 41.5 Å². The Bertz CT molecular complexity index is 1140. The van der Waals surface area contributed by atoms with Crippen molar-refractivity contribution in [2.45, 2.75) is 31.5 Å². The number of halogens is 2. The normalized spacial score (nSPS) is 10.9. The van der Waals surface area contributed by atoms with Gasteiger partial charge in [-0.05, 0) is 41.8 Å². The second kappa shape index (κ2) is 10.7. The first-order chi connectivity index (χ1) is 15.3. The molecule has 0 spiro atoms. The molecule has 0 aliphatic heterocycles. The van der Waals surface area contributed by atoms with Crippen LogP contribution in [-0.4, -0.2) is 32.3 Å². The standard InChI is InChI=1S/C22H23BrFN5O2S/c1-13(2)16-10-14(23)8-9-18(16)26-20(30)12-32-22-28-27-19(29(22)3)11-25-21(31)15-6-4-5-7-17(15)24/h4-10,13H,11-12H2,1-3H3,(H,25,31)(H,26,30). The summed E-state index contributed by atoms with van der Waals surface area (Å²) < 4.78 is 16.4. The largest absolute Gasteiger partial charge is 0.345 e. The number of amides is 2. The van der Waals surface area contributed by atoms with Gasteiger partial charge >= 0.3 is 0 Å². The summed E-state index contributed by atoms with van der Waals surface area (Å²) in [6, 6.07) is 11.5. The number of carbonyl (C=O) groups is 2. The number of aromatic nitrogens is 3. The quantitative estimate of drug-likeness (QED) is 0.427. The smallest absolute Gasteiger partial charge is 0.254 e. The predicted octanol–water partition coefficient (Wildman–Crippen LogP) is 4.50. The lowest BCUT2D eigenvalue weighted by Crippen LogP contribution is -2.25.